The number of aromatic nitrogens is 3. The second kappa shape index (κ2) is 9.91. The van der Waals surface area contributed by atoms with Crippen LogP contribution in [0, 0.1) is 20.8 Å². The summed E-state index contributed by atoms with van der Waals surface area (Å²) in [6.45, 7) is 7.41. The van der Waals surface area contributed by atoms with E-state index in [4.69, 9.17) is 21.3 Å². The first-order chi connectivity index (χ1) is 17.7. The van der Waals surface area contributed by atoms with E-state index >= 15 is 0 Å². The minimum atomic E-state index is -0.563. The number of nitrogens with zero attached hydrogens (tertiary/aromatic N) is 4. The third-order valence-corrected chi connectivity index (χ3v) is 7.58. The topological polar surface area (TPSA) is 98.5 Å². The Morgan fingerprint density at radius 1 is 1.05 bits per heavy atom. The Balaban J connectivity index is 1.52. The molecule has 0 fully saturated rings. The van der Waals surface area contributed by atoms with Crippen molar-refractivity contribution in [1.82, 2.24) is 14.8 Å². The summed E-state index contributed by atoms with van der Waals surface area (Å²) in [5.74, 6) is 1.13. The molecule has 4 aromatic rings. The van der Waals surface area contributed by atoms with Crippen LogP contribution in [0.2, 0.25) is 5.02 Å². The summed E-state index contributed by atoms with van der Waals surface area (Å²) in [6.07, 6.45) is 0.0634. The highest BCUT2D eigenvalue weighted by atomic mass is 35.5. The van der Waals surface area contributed by atoms with Crippen LogP contribution in [-0.2, 0) is 9.59 Å². The summed E-state index contributed by atoms with van der Waals surface area (Å²) in [4.78, 5) is 30.6. The van der Waals surface area contributed by atoms with Crippen LogP contribution in [0.15, 0.2) is 53.5 Å². The van der Waals surface area contributed by atoms with Crippen molar-refractivity contribution in [2.24, 2.45) is 4.99 Å². The predicted octanol–water partition coefficient (Wildman–Crippen LogP) is 5.75. The van der Waals surface area contributed by atoms with Crippen LogP contribution < -0.4 is 10.1 Å². The molecule has 3 heterocycles. The van der Waals surface area contributed by atoms with Crippen molar-refractivity contribution < 1.29 is 14.3 Å². The number of carbonyl (C=O) groups is 2. The molecule has 0 aliphatic carbocycles. The quantitative estimate of drug-likeness (QED) is 0.260. The molecule has 5 rings (SSSR count). The number of ether oxygens (including phenoxy) is 1. The molecule has 1 aliphatic heterocycles. The number of nitrogens with one attached hydrogen (secondary N) is 1. The molecule has 0 unspecified atom stereocenters. The number of fused-ring (bicyclic) bond motifs is 3. The second-order valence-corrected chi connectivity index (χ2v) is 10.4. The van der Waals surface area contributed by atoms with Gasteiger partial charge in [0.15, 0.2) is 5.82 Å². The fraction of sp³-hybridized carbons (Fsp3) is 0.222. The van der Waals surface area contributed by atoms with Gasteiger partial charge in [0.2, 0.25) is 5.91 Å². The molecule has 10 heteroatoms. The fourth-order valence-electron chi connectivity index (χ4n) is 4.29. The normalized spacial score (nSPS) is 14.3. The lowest BCUT2D eigenvalue weighted by molar-refractivity contribution is -0.131. The van der Waals surface area contributed by atoms with E-state index in [2.05, 4.69) is 29.4 Å². The number of hydrogen-bond acceptors (Lipinski definition) is 7. The lowest BCUT2D eigenvalue weighted by atomic mass is 9.99. The Morgan fingerprint density at radius 3 is 2.43 bits per heavy atom. The van der Waals surface area contributed by atoms with Crippen molar-refractivity contribution in [2.75, 3.05) is 5.32 Å². The lowest BCUT2D eigenvalue weighted by Crippen LogP contribution is -2.17. The number of anilines is 1. The molecule has 8 nitrogen and oxygen atoms in total. The van der Waals surface area contributed by atoms with Crippen LogP contribution in [0.1, 0.15) is 52.6 Å². The zero-order chi connectivity index (χ0) is 26.3. The Labute approximate surface area is 223 Å². The molecule has 1 aliphatic rings. The van der Waals surface area contributed by atoms with Gasteiger partial charge in [-0.3, -0.25) is 19.1 Å². The smallest absolute Gasteiger partial charge is 0.308 e. The maximum absolute atomic E-state index is 13.2. The molecule has 2 aromatic carbocycles. The van der Waals surface area contributed by atoms with Crippen molar-refractivity contribution in [1.29, 1.82) is 0 Å². The molecule has 2 aromatic heterocycles. The largest absolute Gasteiger partial charge is 0.427 e. The summed E-state index contributed by atoms with van der Waals surface area (Å²) in [6, 6.07) is 13.6. The van der Waals surface area contributed by atoms with E-state index in [9.17, 15) is 9.59 Å². The molecule has 1 amide bonds. The van der Waals surface area contributed by atoms with Crippen molar-refractivity contribution in [3.05, 3.63) is 86.8 Å². The van der Waals surface area contributed by atoms with Crippen molar-refractivity contribution >= 4 is 46.2 Å². The van der Waals surface area contributed by atoms with E-state index in [-0.39, 0.29) is 12.3 Å². The minimum Gasteiger partial charge on any atom is -0.427 e. The number of benzene rings is 2. The van der Waals surface area contributed by atoms with Gasteiger partial charge in [-0.2, -0.15) is 0 Å². The van der Waals surface area contributed by atoms with Crippen LogP contribution in [0.25, 0.3) is 5.00 Å². The first kappa shape index (κ1) is 24.9. The van der Waals surface area contributed by atoms with Crippen LogP contribution in [0.5, 0.6) is 5.75 Å². The Kier molecular flexibility index (Phi) is 6.66. The molecule has 0 saturated carbocycles. The van der Waals surface area contributed by atoms with Gasteiger partial charge in [0.25, 0.3) is 0 Å². The van der Waals surface area contributed by atoms with Gasteiger partial charge >= 0.3 is 5.97 Å². The van der Waals surface area contributed by atoms with Gasteiger partial charge in [-0.05, 0) is 62.7 Å². The summed E-state index contributed by atoms with van der Waals surface area (Å²) in [5, 5.41) is 13.3. The Morgan fingerprint density at radius 2 is 1.76 bits per heavy atom. The van der Waals surface area contributed by atoms with Gasteiger partial charge in [0, 0.05) is 33.6 Å². The average Bonchev–Trinajstić information content (AvgIpc) is 3.33. The van der Waals surface area contributed by atoms with E-state index < -0.39 is 12.0 Å². The first-order valence-corrected chi connectivity index (χ1v) is 12.9. The highest BCUT2D eigenvalue weighted by Crippen LogP contribution is 2.39. The maximum Gasteiger partial charge on any atom is 0.308 e. The molecule has 37 heavy (non-hydrogen) atoms. The number of halogens is 1. The minimum absolute atomic E-state index is 0.0634. The lowest BCUT2D eigenvalue weighted by Gasteiger charge is -2.13. The molecular formula is C27H24ClN5O3S. The van der Waals surface area contributed by atoms with Crippen LogP contribution in [0.4, 0.5) is 5.69 Å². The first-order valence-electron chi connectivity index (χ1n) is 11.7. The summed E-state index contributed by atoms with van der Waals surface area (Å²) in [7, 11) is 0. The third-order valence-electron chi connectivity index (χ3n) is 6.14. The van der Waals surface area contributed by atoms with E-state index in [0.29, 0.717) is 22.3 Å². The fourth-order valence-corrected chi connectivity index (χ4v) is 5.63. The molecule has 0 spiro atoms. The average molecular weight is 534 g/mol. The second-order valence-electron chi connectivity index (χ2n) is 8.77. The number of rotatable bonds is 5. The molecule has 0 saturated heterocycles. The third kappa shape index (κ3) is 4.92. The zero-order valence-corrected chi connectivity index (χ0v) is 22.3. The van der Waals surface area contributed by atoms with E-state index in [1.54, 1.807) is 35.6 Å². The number of esters is 1. The molecule has 1 atom stereocenters. The zero-order valence-electron chi connectivity index (χ0n) is 20.7. The van der Waals surface area contributed by atoms with Crippen LogP contribution in [0.3, 0.4) is 0 Å². The highest BCUT2D eigenvalue weighted by molar-refractivity contribution is 7.15. The number of thiophene rings is 1. The van der Waals surface area contributed by atoms with Crippen molar-refractivity contribution in [3.8, 4) is 10.8 Å². The summed E-state index contributed by atoms with van der Waals surface area (Å²) in [5.41, 5.74) is 4.43. The highest BCUT2D eigenvalue weighted by Gasteiger charge is 2.32. The molecule has 0 bridgehead atoms. The number of amides is 1. The summed E-state index contributed by atoms with van der Waals surface area (Å²) < 4.78 is 7.07. The number of aryl methyl sites for hydroxylation is 2. The van der Waals surface area contributed by atoms with Crippen LogP contribution >= 0.6 is 22.9 Å². The van der Waals surface area contributed by atoms with Gasteiger partial charge < -0.3 is 10.1 Å². The monoisotopic (exact) mass is 533 g/mol. The number of hydrogen-bond donors (Lipinski definition) is 1. The van der Waals surface area contributed by atoms with Crippen molar-refractivity contribution in [2.45, 2.75) is 40.2 Å². The van der Waals surface area contributed by atoms with E-state index in [0.717, 1.165) is 33.2 Å². The van der Waals surface area contributed by atoms with Crippen molar-refractivity contribution in [3.63, 3.8) is 0 Å². The maximum atomic E-state index is 13.2. The molecule has 1 N–H and O–H groups in total. The van der Waals surface area contributed by atoms with E-state index in [1.165, 1.54) is 11.8 Å². The van der Waals surface area contributed by atoms with Gasteiger partial charge in [-0.25, -0.2) is 0 Å². The molecule has 188 valence electrons. The SMILES string of the molecule is CC(=O)Oc1ccc(NC(=O)C[C@@H]2N=C(c3ccc(Cl)cc3)c3c(sc(C)c3C)-n3c(C)nnc32)cc1. The molecule has 0 radical (unpaired) electrons. The van der Waals surface area contributed by atoms with Gasteiger partial charge in [0.05, 0.1) is 12.1 Å². The predicted molar refractivity (Wildman–Crippen MR) is 144 cm³/mol. The van der Waals surface area contributed by atoms with Crippen LogP contribution in [-0.4, -0.2) is 32.4 Å². The Hall–Kier alpha value is -3.82. The van der Waals surface area contributed by atoms with Gasteiger partial charge in [-0.1, -0.05) is 23.7 Å². The van der Waals surface area contributed by atoms with Gasteiger partial charge in [0.1, 0.15) is 22.6 Å². The number of aliphatic imine (C=N–C) groups is 1. The summed E-state index contributed by atoms with van der Waals surface area (Å²) >= 11 is 7.83. The van der Waals surface area contributed by atoms with Gasteiger partial charge in [-0.15, -0.1) is 21.5 Å². The van der Waals surface area contributed by atoms with E-state index in [1.807, 2.05) is 35.8 Å². The number of carbonyl (C=O) groups excluding carboxylic acids is 2. The standard InChI is InChI=1S/C27H24ClN5O3S/c1-14-15(2)37-27-24(14)25(18-5-7-19(28)8-6-18)30-22(26-32-31-16(3)33(26)27)13-23(35)29-20-9-11-21(12-10-20)36-17(4)34/h5-12,22H,13H2,1-4H3,(H,29,35)/t22-/m0/s1. The molecular weight excluding hydrogens is 510 g/mol. The Bertz CT molecular complexity index is 1540.